The summed E-state index contributed by atoms with van der Waals surface area (Å²) < 4.78 is 0. The van der Waals surface area contributed by atoms with Gasteiger partial charge in [-0.2, -0.15) is 0 Å². The second kappa shape index (κ2) is 22.7. The van der Waals surface area contributed by atoms with Crippen molar-refractivity contribution in [3.8, 4) is 5.75 Å². The van der Waals surface area contributed by atoms with Gasteiger partial charge in [0.15, 0.2) is 0 Å². The third-order valence-electron chi connectivity index (χ3n) is 7.55. The van der Waals surface area contributed by atoms with Crippen LogP contribution in [-0.4, -0.2) is 16.2 Å². The molecule has 3 nitrogen and oxygen atoms in total. The summed E-state index contributed by atoms with van der Waals surface area (Å²) in [7, 11) is 0. The Kier molecular flexibility index (Phi) is 20.5. The van der Waals surface area contributed by atoms with E-state index in [1.54, 1.807) is 0 Å². The van der Waals surface area contributed by atoms with Gasteiger partial charge >= 0.3 is 5.97 Å². The van der Waals surface area contributed by atoms with Gasteiger partial charge < -0.3 is 10.2 Å². The average molecular weight is 503 g/mol. The van der Waals surface area contributed by atoms with Gasteiger partial charge in [-0.1, -0.05) is 142 Å². The van der Waals surface area contributed by atoms with Crippen molar-refractivity contribution in [2.45, 2.75) is 168 Å². The van der Waals surface area contributed by atoms with Gasteiger partial charge in [0.05, 0.1) is 0 Å². The first-order chi connectivity index (χ1) is 17.6. The van der Waals surface area contributed by atoms with Gasteiger partial charge in [-0.3, -0.25) is 4.79 Å². The number of carboxylic acids is 1. The van der Waals surface area contributed by atoms with Gasteiger partial charge in [0.1, 0.15) is 5.75 Å². The monoisotopic (exact) mass is 502 g/mol. The molecule has 0 aliphatic heterocycles. The molecule has 0 bridgehead atoms. The number of unbranched alkanes of at least 4 members (excludes halogenated alkanes) is 18. The van der Waals surface area contributed by atoms with E-state index >= 15 is 0 Å². The van der Waals surface area contributed by atoms with Gasteiger partial charge in [0.25, 0.3) is 0 Å². The molecular formula is C33H58O3. The van der Waals surface area contributed by atoms with Gasteiger partial charge in [-0.15, -0.1) is 0 Å². The summed E-state index contributed by atoms with van der Waals surface area (Å²) in [5.41, 5.74) is 3.12. The number of carbonyl (C=O) groups is 1. The lowest BCUT2D eigenvalue weighted by Crippen LogP contribution is -2.01. The molecule has 0 spiro atoms. The number of phenolic OH excluding ortho intramolecular Hbond substituents is 1. The first-order valence-corrected chi connectivity index (χ1v) is 15.6. The second-order valence-corrected chi connectivity index (χ2v) is 11.0. The lowest BCUT2D eigenvalue weighted by molar-refractivity contribution is -0.136. The molecule has 0 heterocycles. The number of aliphatic carboxylic acids is 1. The van der Waals surface area contributed by atoms with E-state index in [1.807, 2.05) is 0 Å². The number of hydrogen-bond donors (Lipinski definition) is 2. The smallest absolute Gasteiger partial charge is 0.303 e. The highest BCUT2D eigenvalue weighted by molar-refractivity contribution is 5.67. The third kappa shape index (κ3) is 17.0. The fraction of sp³-hybridized carbons (Fsp3) is 0.788. The molecule has 0 radical (unpaired) electrons. The predicted molar refractivity (Wildman–Crippen MR) is 155 cm³/mol. The Labute approximate surface area is 223 Å². The Hall–Kier alpha value is -1.51. The molecule has 36 heavy (non-hydrogen) atoms. The van der Waals surface area contributed by atoms with E-state index in [9.17, 15) is 9.90 Å². The van der Waals surface area contributed by atoms with Crippen molar-refractivity contribution >= 4 is 5.97 Å². The minimum absolute atomic E-state index is 0.153. The molecule has 0 aromatic heterocycles. The normalized spacial score (nSPS) is 11.3. The number of benzene rings is 1. The van der Waals surface area contributed by atoms with E-state index in [4.69, 9.17) is 5.11 Å². The minimum Gasteiger partial charge on any atom is -0.507 e. The van der Waals surface area contributed by atoms with Gasteiger partial charge in [0.2, 0.25) is 0 Å². The van der Waals surface area contributed by atoms with Crippen molar-refractivity contribution in [2.24, 2.45) is 0 Å². The van der Waals surface area contributed by atoms with Crippen LogP contribution in [0.2, 0.25) is 0 Å². The summed E-state index contributed by atoms with van der Waals surface area (Å²) in [4.78, 5) is 11.1. The molecule has 0 amide bonds. The summed E-state index contributed by atoms with van der Waals surface area (Å²) >= 11 is 0. The summed E-state index contributed by atoms with van der Waals surface area (Å²) in [6.07, 6.45) is 28.6. The van der Waals surface area contributed by atoms with Gasteiger partial charge in [0, 0.05) is 6.42 Å². The van der Waals surface area contributed by atoms with Crippen LogP contribution in [0.5, 0.6) is 5.75 Å². The molecule has 1 aromatic rings. The summed E-state index contributed by atoms with van der Waals surface area (Å²) in [5, 5.41) is 20.1. The van der Waals surface area contributed by atoms with Crippen LogP contribution in [0.15, 0.2) is 12.1 Å². The number of aromatic hydroxyl groups is 1. The molecule has 1 rings (SSSR count). The Bertz CT molecular complexity index is 622. The van der Waals surface area contributed by atoms with Crippen molar-refractivity contribution in [2.75, 3.05) is 0 Å². The van der Waals surface area contributed by atoms with E-state index in [1.165, 1.54) is 116 Å². The fourth-order valence-electron chi connectivity index (χ4n) is 5.21. The molecule has 0 aliphatic rings. The molecule has 0 fully saturated rings. The number of phenols is 1. The maximum absolute atomic E-state index is 11.1. The molecule has 208 valence electrons. The van der Waals surface area contributed by atoms with Crippen LogP contribution < -0.4 is 0 Å². The quantitative estimate of drug-likeness (QED) is 0.131. The highest BCUT2D eigenvalue weighted by atomic mass is 16.4. The molecule has 0 saturated heterocycles. The average Bonchev–Trinajstić information content (AvgIpc) is 2.86. The molecule has 1 aromatic carbocycles. The zero-order valence-corrected chi connectivity index (χ0v) is 23.9. The number of aryl methyl sites for hydroxylation is 3. The van der Waals surface area contributed by atoms with Crippen molar-refractivity contribution in [3.63, 3.8) is 0 Å². The van der Waals surface area contributed by atoms with Gasteiger partial charge in [-0.05, 0) is 48.8 Å². The largest absolute Gasteiger partial charge is 0.507 e. The van der Waals surface area contributed by atoms with Crippen molar-refractivity contribution in [1.29, 1.82) is 0 Å². The summed E-state index contributed by atoms with van der Waals surface area (Å²) in [6.45, 7) is 4.53. The third-order valence-corrected chi connectivity index (χ3v) is 7.55. The first kappa shape index (κ1) is 32.5. The maximum Gasteiger partial charge on any atom is 0.303 e. The van der Waals surface area contributed by atoms with Crippen LogP contribution in [0.25, 0.3) is 0 Å². The molecule has 0 saturated carbocycles. The number of carboxylic acid groups (broad SMARTS) is 1. The Balaban J connectivity index is 2.41. The standard InChI is InChI=1S/C33H58O3/c1-3-5-7-9-11-13-15-17-19-21-23-30-27-29(25-26-32(34)35)28-31(33(30)36)24-22-20-18-16-14-12-10-8-6-4-2/h27-28,36H,3-26H2,1-2H3,(H,34,35). The molecular weight excluding hydrogens is 444 g/mol. The molecule has 0 unspecified atom stereocenters. The van der Waals surface area contributed by atoms with Crippen LogP contribution in [-0.2, 0) is 24.1 Å². The van der Waals surface area contributed by atoms with Crippen LogP contribution in [0.4, 0.5) is 0 Å². The van der Waals surface area contributed by atoms with Crippen molar-refractivity contribution in [1.82, 2.24) is 0 Å². The molecule has 0 aliphatic carbocycles. The highest BCUT2D eigenvalue weighted by Gasteiger charge is 2.11. The number of hydrogen-bond acceptors (Lipinski definition) is 2. The lowest BCUT2D eigenvalue weighted by Gasteiger charge is -2.13. The number of rotatable bonds is 25. The minimum atomic E-state index is -0.754. The zero-order chi connectivity index (χ0) is 26.3. The fourth-order valence-corrected chi connectivity index (χ4v) is 5.21. The van der Waals surface area contributed by atoms with E-state index in [0.29, 0.717) is 12.2 Å². The first-order valence-electron chi connectivity index (χ1n) is 15.6. The van der Waals surface area contributed by atoms with E-state index < -0.39 is 5.97 Å². The maximum atomic E-state index is 11.1. The van der Waals surface area contributed by atoms with Crippen molar-refractivity contribution < 1.29 is 15.0 Å². The van der Waals surface area contributed by atoms with E-state index in [-0.39, 0.29) is 6.42 Å². The summed E-state index contributed by atoms with van der Waals surface area (Å²) in [6, 6.07) is 4.13. The molecule has 3 heteroatoms. The lowest BCUT2D eigenvalue weighted by atomic mass is 9.94. The van der Waals surface area contributed by atoms with Crippen LogP contribution >= 0.6 is 0 Å². The van der Waals surface area contributed by atoms with Gasteiger partial charge in [-0.25, -0.2) is 0 Å². The van der Waals surface area contributed by atoms with E-state index in [0.717, 1.165) is 42.4 Å². The Morgan fingerprint density at radius 3 is 1.22 bits per heavy atom. The highest BCUT2D eigenvalue weighted by Crippen LogP contribution is 2.29. The zero-order valence-electron chi connectivity index (χ0n) is 23.9. The summed E-state index contributed by atoms with van der Waals surface area (Å²) in [5.74, 6) is -0.281. The van der Waals surface area contributed by atoms with E-state index in [2.05, 4.69) is 26.0 Å². The van der Waals surface area contributed by atoms with Crippen LogP contribution in [0.3, 0.4) is 0 Å². The predicted octanol–water partition coefficient (Wildman–Crippen LogP) is 10.3. The topological polar surface area (TPSA) is 57.5 Å². The second-order valence-electron chi connectivity index (χ2n) is 11.0. The van der Waals surface area contributed by atoms with Crippen LogP contribution in [0.1, 0.15) is 165 Å². The Morgan fingerprint density at radius 2 is 0.889 bits per heavy atom. The van der Waals surface area contributed by atoms with Crippen LogP contribution in [0, 0.1) is 0 Å². The van der Waals surface area contributed by atoms with Crippen molar-refractivity contribution in [3.05, 3.63) is 28.8 Å². The SMILES string of the molecule is CCCCCCCCCCCCc1cc(CCC(=O)O)cc(CCCCCCCCCCCC)c1O. The molecule has 0 atom stereocenters. The Morgan fingerprint density at radius 1 is 0.556 bits per heavy atom. The molecule has 2 N–H and O–H groups in total.